The molecule has 0 spiro atoms. The molecule has 0 aromatic heterocycles. The van der Waals surface area contributed by atoms with Gasteiger partial charge in [-0.1, -0.05) is 49.4 Å². The second-order valence-corrected chi connectivity index (χ2v) is 5.40. The fourth-order valence-electron chi connectivity index (χ4n) is 2.36. The minimum Gasteiger partial charge on any atom is -0.496 e. The van der Waals surface area contributed by atoms with Crippen LogP contribution in [0.15, 0.2) is 54.6 Å². The summed E-state index contributed by atoms with van der Waals surface area (Å²) in [6.45, 7) is 4.11. The molecule has 3 nitrogen and oxygen atoms in total. The number of amides is 1. The summed E-state index contributed by atoms with van der Waals surface area (Å²) in [5, 5.41) is 2.97. The van der Waals surface area contributed by atoms with Gasteiger partial charge in [-0.25, -0.2) is 0 Å². The van der Waals surface area contributed by atoms with Crippen LogP contribution in [0.5, 0.6) is 5.75 Å². The van der Waals surface area contributed by atoms with Crippen molar-refractivity contribution in [2.45, 2.75) is 26.3 Å². The van der Waals surface area contributed by atoms with Gasteiger partial charge in [-0.2, -0.15) is 0 Å². The zero-order valence-electron chi connectivity index (χ0n) is 13.9. The number of hydrogen-bond acceptors (Lipinski definition) is 2. The monoisotopic (exact) mass is 309 g/mol. The number of carbonyl (C=O) groups is 1. The maximum absolute atomic E-state index is 12.1. The lowest BCUT2D eigenvalue weighted by Crippen LogP contribution is -2.24. The van der Waals surface area contributed by atoms with E-state index in [-0.39, 0.29) is 11.9 Å². The van der Waals surface area contributed by atoms with E-state index in [1.807, 2.05) is 31.2 Å². The number of para-hydroxylation sites is 1. The lowest BCUT2D eigenvalue weighted by molar-refractivity contribution is -0.117. The van der Waals surface area contributed by atoms with E-state index in [4.69, 9.17) is 4.74 Å². The minimum atomic E-state index is -0.122. The molecule has 1 amide bonds. The summed E-state index contributed by atoms with van der Waals surface area (Å²) in [4.78, 5) is 12.1. The summed E-state index contributed by atoms with van der Waals surface area (Å²) in [6, 6.07) is 15.9. The molecule has 0 aliphatic carbocycles. The number of benzene rings is 2. The molecule has 23 heavy (non-hydrogen) atoms. The van der Waals surface area contributed by atoms with Gasteiger partial charge in [0.1, 0.15) is 5.75 Å². The zero-order valence-corrected chi connectivity index (χ0v) is 13.9. The zero-order chi connectivity index (χ0) is 16.7. The largest absolute Gasteiger partial charge is 0.496 e. The van der Waals surface area contributed by atoms with Crippen LogP contribution < -0.4 is 10.1 Å². The molecule has 0 saturated heterocycles. The molecule has 2 rings (SSSR count). The Morgan fingerprint density at radius 2 is 1.87 bits per heavy atom. The summed E-state index contributed by atoms with van der Waals surface area (Å²) in [5.74, 6) is 0.628. The van der Waals surface area contributed by atoms with Crippen LogP contribution in [0, 0.1) is 0 Å². The smallest absolute Gasteiger partial charge is 0.244 e. The summed E-state index contributed by atoms with van der Waals surface area (Å²) >= 11 is 0. The summed E-state index contributed by atoms with van der Waals surface area (Å²) in [7, 11) is 1.62. The van der Waals surface area contributed by atoms with E-state index in [9.17, 15) is 4.79 Å². The van der Waals surface area contributed by atoms with Crippen molar-refractivity contribution in [3.05, 3.63) is 71.3 Å². The van der Waals surface area contributed by atoms with Crippen LogP contribution in [0.1, 0.15) is 36.6 Å². The van der Waals surface area contributed by atoms with Crippen molar-refractivity contribution in [2.75, 3.05) is 7.11 Å². The second kappa shape index (κ2) is 8.18. The summed E-state index contributed by atoms with van der Waals surface area (Å²) < 4.78 is 5.27. The third-order valence-electron chi connectivity index (χ3n) is 3.80. The fraction of sp³-hybridized carbons (Fsp3) is 0.250. The topological polar surface area (TPSA) is 38.3 Å². The number of rotatable bonds is 6. The Balaban J connectivity index is 1.99. The van der Waals surface area contributed by atoms with Gasteiger partial charge in [0.05, 0.1) is 13.2 Å². The van der Waals surface area contributed by atoms with Crippen LogP contribution >= 0.6 is 0 Å². The first-order chi connectivity index (χ1) is 11.1. The van der Waals surface area contributed by atoms with Crippen molar-refractivity contribution in [2.24, 2.45) is 0 Å². The first-order valence-corrected chi connectivity index (χ1v) is 7.84. The second-order valence-electron chi connectivity index (χ2n) is 5.40. The summed E-state index contributed by atoms with van der Waals surface area (Å²) in [6.07, 6.45) is 4.32. The van der Waals surface area contributed by atoms with Gasteiger partial charge in [0.15, 0.2) is 0 Å². The number of nitrogens with one attached hydrogen (secondary N) is 1. The van der Waals surface area contributed by atoms with Gasteiger partial charge >= 0.3 is 0 Å². The van der Waals surface area contributed by atoms with Crippen LogP contribution in [0.3, 0.4) is 0 Å². The van der Waals surface area contributed by atoms with Gasteiger partial charge in [-0.3, -0.25) is 4.79 Å². The molecule has 3 heteroatoms. The Morgan fingerprint density at radius 3 is 2.52 bits per heavy atom. The van der Waals surface area contributed by atoms with Gasteiger partial charge < -0.3 is 10.1 Å². The quantitative estimate of drug-likeness (QED) is 0.814. The average molecular weight is 309 g/mol. The Bertz CT molecular complexity index is 674. The van der Waals surface area contributed by atoms with Gasteiger partial charge in [0.25, 0.3) is 0 Å². The van der Waals surface area contributed by atoms with E-state index in [0.29, 0.717) is 0 Å². The number of methoxy groups -OCH3 is 1. The van der Waals surface area contributed by atoms with E-state index in [0.717, 1.165) is 23.3 Å². The lowest BCUT2D eigenvalue weighted by Gasteiger charge is -2.13. The molecule has 1 atom stereocenters. The highest BCUT2D eigenvalue weighted by atomic mass is 16.5. The molecule has 0 saturated carbocycles. The Labute approximate surface area is 138 Å². The van der Waals surface area contributed by atoms with Gasteiger partial charge in [0.2, 0.25) is 5.91 Å². The average Bonchev–Trinajstić information content (AvgIpc) is 2.60. The molecule has 1 N–H and O–H groups in total. The molecular formula is C20H23NO2. The molecule has 2 aromatic carbocycles. The number of carbonyl (C=O) groups excluding carboxylic acids is 1. The molecule has 0 heterocycles. The standard InChI is InChI=1S/C20H23NO2/c1-4-16-9-11-17(12-10-16)15(2)21-20(22)14-13-18-7-5-6-8-19(18)23-3/h5-15H,4H2,1-3H3,(H,21,22)/b14-13+/t15-/m0/s1. The van der Waals surface area contributed by atoms with E-state index >= 15 is 0 Å². The van der Waals surface area contributed by atoms with E-state index in [1.165, 1.54) is 11.6 Å². The lowest BCUT2D eigenvalue weighted by atomic mass is 10.0. The van der Waals surface area contributed by atoms with Crippen molar-refractivity contribution >= 4 is 12.0 Å². The van der Waals surface area contributed by atoms with Gasteiger partial charge in [-0.05, 0) is 36.6 Å². The Kier molecular flexibility index (Phi) is 5.98. The molecule has 0 aliphatic heterocycles. The van der Waals surface area contributed by atoms with E-state index in [2.05, 4.69) is 36.5 Å². The fourth-order valence-corrected chi connectivity index (χ4v) is 2.36. The third-order valence-corrected chi connectivity index (χ3v) is 3.80. The highest BCUT2D eigenvalue weighted by Crippen LogP contribution is 2.19. The van der Waals surface area contributed by atoms with Crippen molar-refractivity contribution < 1.29 is 9.53 Å². The predicted molar refractivity (Wildman–Crippen MR) is 94.4 cm³/mol. The van der Waals surface area contributed by atoms with Crippen LogP contribution in [-0.2, 0) is 11.2 Å². The van der Waals surface area contributed by atoms with Crippen LogP contribution in [0.25, 0.3) is 6.08 Å². The predicted octanol–water partition coefficient (Wildman–Crippen LogP) is 4.15. The van der Waals surface area contributed by atoms with Crippen LogP contribution in [0.2, 0.25) is 0 Å². The molecule has 0 bridgehead atoms. The van der Waals surface area contributed by atoms with Crippen molar-refractivity contribution in [3.63, 3.8) is 0 Å². The molecule has 0 radical (unpaired) electrons. The highest BCUT2D eigenvalue weighted by molar-refractivity contribution is 5.92. The first-order valence-electron chi connectivity index (χ1n) is 7.84. The van der Waals surface area contributed by atoms with Crippen LogP contribution in [-0.4, -0.2) is 13.0 Å². The van der Waals surface area contributed by atoms with Gasteiger partial charge in [0, 0.05) is 11.6 Å². The molecule has 2 aromatic rings. The number of hydrogen-bond donors (Lipinski definition) is 1. The molecular weight excluding hydrogens is 286 g/mol. The normalized spacial score (nSPS) is 12.1. The van der Waals surface area contributed by atoms with Crippen molar-refractivity contribution in [1.29, 1.82) is 0 Å². The Morgan fingerprint density at radius 1 is 1.17 bits per heavy atom. The molecule has 0 aliphatic rings. The van der Waals surface area contributed by atoms with Crippen molar-refractivity contribution in [3.8, 4) is 5.75 Å². The van der Waals surface area contributed by atoms with Crippen LogP contribution in [0.4, 0.5) is 0 Å². The molecule has 0 unspecified atom stereocenters. The minimum absolute atomic E-state index is 0.0317. The maximum Gasteiger partial charge on any atom is 0.244 e. The SMILES string of the molecule is CCc1ccc([C@H](C)NC(=O)/C=C/c2ccccc2OC)cc1. The van der Waals surface area contributed by atoms with E-state index in [1.54, 1.807) is 13.2 Å². The third kappa shape index (κ3) is 4.71. The Hall–Kier alpha value is -2.55. The first kappa shape index (κ1) is 16.8. The number of aryl methyl sites for hydroxylation is 1. The van der Waals surface area contributed by atoms with E-state index < -0.39 is 0 Å². The van der Waals surface area contributed by atoms with Gasteiger partial charge in [-0.15, -0.1) is 0 Å². The number of ether oxygens (including phenoxy) is 1. The van der Waals surface area contributed by atoms with Crippen molar-refractivity contribution in [1.82, 2.24) is 5.32 Å². The highest BCUT2D eigenvalue weighted by Gasteiger charge is 2.07. The summed E-state index contributed by atoms with van der Waals surface area (Å²) in [5.41, 5.74) is 3.27. The molecule has 120 valence electrons. The maximum atomic E-state index is 12.1. The molecule has 0 fully saturated rings.